The predicted molar refractivity (Wildman–Crippen MR) is 96.9 cm³/mol. The van der Waals surface area contributed by atoms with Crippen molar-refractivity contribution in [2.75, 3.05) is 20.8 Å². The third-order valence-electron chi connectivity index (χ3n) is 3.57. The number of ketones is 1. The zero-order valence-corrected chi connectivity index (χ0v) is 15.2. The number of ether oxygens (including phenoxy) is 4. The van der Waals surface area contributed by atoms with Crippen molar-refractivity contribution in [1.29, 1.82) is 0 Å². The second kappa shape index (κ2) is 10.1. The Balaban J connectivity index is 1.93. The zero-order valence-electron chi connectivity index (χ0n) is 15.2. The smallest absolute Gasteiger partial charge is 0.387 e. The highest BCUT2D eigenvalue weighted by atomic mass is 19.3. The number of halogens is 2. The van der Waals surface area contributed by atoms with Gasteiger partial charge in [-0.2, -0.15) is 8.78 Å². The van der Waals surface area contributed by atoms with Crippen molar-refractivity contribution in [2.24, 2.45) is 0 Å². The van der Waals surface area contributed by atoms with Gasteiger partial charge in [-0.1, -0.05) is 12.1 Å². The second-order valence-corrected chi connectivity index (χ2v) is 5.38. The molecule has 0 saturated heterocycles. The van der Waals surface area contributed by atoms with E-state index in [4.69, 9.17) is 14.2 Å². The Morgan fingerprint density at radius 1 is 1.00 bits per heavy atom. The van der Waals surface area contributed by atoms with Crippen LogP contribution in [-0.4, -0.2) is 39.2 Å². The summed E-state index contributed by atoms with van der Waals surface area (Å²) in [7, 11) is 2.89. The standard InChI is InChI=1S/C20H18F2O6/c1-25-15-8-9-18(26-2)16(11-15)17(23)12-27-19(24)10-5-13-3-6-14(7-4-13)28-20(21)22/h3-11,20H,12H2,1-2H3/b10-5+. The summed E-state index contributed by atoms with van der Waals surface area (Å²) >= 11 is 0. The molecule has 0 unspecified atom stereocenters. The highest BCUT2D eigenvalue weighted by molar-refractivity contribution is 6.01. The summed E-state index contributed by atoms with van der Waals surface area (Å²) in [5.74, 6) is -0.375. The number of methoxy groups -OCH3 is 2. The lowest BCUT2D eigenvalue weighted by Crippen LogP contribution is -2.13. The van der Waals surface area contributed by atoms with Gasteiger partial charge in [-0.05, 0) is 42.0 Å². The summed E-state index contributed by atoms with van der Waals surface area (Å²) in [5.41, 5.74) is 0.799. The normalized spacial score (nSPS) is 10.8. The van der Waals surface area contributed by atoms with Crippen LogP contribution < -0.4 is 14.2 Å². The third kappa shape index (κ3) is 6.08. The van der Waals surface area contributed by atoms with Crippen molar-refractivity contribution in [3.8, 4) is 17.2 Å². The van der Waals surface area contributed by atoms with Crippen LogP contribution in [0.25, 0.3) is 6.08 Å². The van der Waals surface area contributed by atoms with E-state index in [1.165, 1.54) is 50.6 Å². The Bertz CT molecular complexity index is 846. The molecule has 0 aliphatic carbocycles. The first-order valence-corrected chi connectivity index (χ1v) is 8.08. The maximum Gasteiger partial charge on any atom is 0.387 e. The molecule has 2 aromatic rings. The highest BCUT2D eigenvalue weighted by Gasteiger charge is 2.15. The Kier molecular flexibility index (Phi) is 7.50. The van der Waals surface area contributed by atoms with Gasteiger partial charge in [-0.15, -0.1) is 0 Å². The van der Waals surface area contributed by atoms with Crippen molar-refractivity contribution in [3.63, 3.8) is 0 Å². The molecule has 0 aliphatic heterocycles. The van der Waals surface area contributed by atoms with Gasteiger partial charge >= 0.3 is 12.6 Å². The Morgan fingerprint density at radius 3 is 2.29 bits per heavy atom. The summed E-state index contributed by atoms with van der Waals surface area (Å²) in [6, 6.07) is 10.4. The molecule has 0 bridgehead atoms. The van der Waals surface area contributed by atoms with E-state index < -0.39 is 25.0 Å². The first-order chi connectivity index (χ1) is 13.4. The van der Waals surface area contributed by atoms with Crippen LogP contribution in [0, 0.1) is 0 Å². The number of hydrogen-bond donors (Lipinski definition) is 0. The molecule has 6 nitrogen and oxygen atoms in total. The second-order valence-electron chi connectivity index (χ2n) is 5.38. The van der Waals surface area contributed by atoms with Gasteiger partial charge in [0.2, 0.25) is 5.78 Å². The van der Waals surface area contributed by atoms with Crippen LogP contribution >= 0.6 is 0 Å². The molecule has 2 rings (SSSR count). The largest absolute Gasteiger partial charge is 0.497 e. The van der Waals surface area contributed by atoms with Crippen LogP contribution in [0.3, 0.4) is 0 Å². The van der Waals surface area contributed by atoms with Crippen molar-refractivity contribution < 1.29 is 37.3 Å². The fraction of sp³-hybridized carbons (Fsp3) is 0.200. The minimum absolute atomic E-state index is 0.00700. The van der Waals surface area contributed by atoms with Crippen molar-refractivity contribution >= 4 is 17.8 Å². The van der Waals surface area contributed by atoms with Gasteiger partial charge in [0.15, 0.2) is 6.61 Å². The first kappa shape index (κ1) is 20.9. The van der Waals surface area contributed by atoms with Gasteiger partial charge in [0.25, 0.3) is 0 Å². The molecular formula is C20H18F2O6. The SMILES string of the molecule is COc1ccc(OC)c(C(=O)COC(=O)/C=C/c2ccc(OC(F)F)cc2)c1. The summed E-state index contributed by atoms with van der Waals surface area (Å²) in [4.78, 5) is 24.1. The first-order valence-electron chi connectivity index (χ1n) is 8.08. The van der Waals surface area contributed by atoms with Gasteiger partial charge in [-0.25, -0.2) is 4.79 Å². The van der Waals surface area contributed by atoms with E-state index in [2.05, 4.69) is 4.74 Å². The van der Waals surface area contributed by atoms with E-state index >= 15 is 0 Å². The molecule has 0 aliphatic rings. The van der Waals surface area contributed by atoms with E-state index in [-0.39, 0.29) is 11.3 Å². The molecule has 28 heavy (non-hydrogen) atoms. The number of benzene rings is 2. The molecule has 0 radical (unpaired) electrons. The molecule has 0 amide bonds. The summed E-state index contributed by atoms with van der Waals surface area (Å²) in [6.45, 7) is -3.38. The van der Waals surface area contributed by atoms with Crippen LogP contribution in [0.2, 0.25) is 0 Å². The molecule has 0 aromatic heterocycles. The molecule has 148 valence electrons. The fourth-order valence-corrected chi connectivity index (χ4v) is 2.22. The van der Waals surface area contributed by atoms with E-state index in [0.29, 0.717) is 17.1 Å². The molecule has 0 N–H and O–H groups in total. The molecule has 0 heterocycles. The van der Waals surface area contributed by atoms with Crippen LogP contribution in [0.5, 0.6) is 17.2 Å². The number of hydrogen-bond acceptors (Lipinski definition) is 6. The van der Waals surface area contributed by atoms with Gasteiger partial charge in [-0.3, -0.25) is 4.79 Å². The van der Waals surface area contributed by atoms with Gasteiger partial charge in [0.1, 0.15) is 17.2 Å². The van der Waals surface area contributed by atoms with Crippen LogP contribution in [0.4, 0.5) is 8.78 Å². The summed E-state index contributed by atoms with van der Waals surface area (Å²) in [6.07, 6.45) is 2.55. The highest BCUT2D eigenvalue weighted by Crippen LogP contribution is 2.24. The molecule has 8 heteroatoms. The quantitative estimate of drug-likeness (QED) is 0.368. The third-order valence-corrected chi connectivity index (χ3v) is 3.57. The Labute approximate surface area is 160 Å². The lowest BCUT2D eigenvalue weighted by Gasteiger charge is -2.09. The molecular weight excluding hydrogens is 374 g/mol. The average molecular weight is 392 g/mol. The average Bonchev–Trinajstić information content (AvgIpc) is 2.70. The monoisotopic (exact) mass is 392 g/mol. The number of Topliss-reactive ketones (excluding diaryl/α,β-unsaturated/α-hetero) is 1. The molecule has 0 saturated carbocycles. The van der Waals surface area contributed by atoms with Gasteiger partial charge < -0.3 is 18.9 Å². The summed E-state index contributed by atoms with van der Waals surface area (Å²) in [5, 5.41) is 0. The van der Waals surface area contributed by atoms with Gasteiger partial charge in [0.05, 0.1) is 19.8 Å². The molecule has 0 fully saturated rings. The maximum absolute atomic E-state index is 12.3. The molecule has 0 spiro atoms. The van der Waals surface area contributed by atoms with E-state index in [1.54, 1.807) is 12.1 Å². The lowest BCUT2D eigenvalue weighted by atomic mass is 10.1. The van der Waals surface area contributed by atoms with E-state index in [1.807, 2.05) is 0 Å². The number of alkyl halides is 2. The number of esters is 1. The Morgan fingerprint density at radius 2 is 1.68 bits per heavy atom. The predicted octanol–water partition coefficient (Wildman–Crippen LogP) is 3.74. The summed E-state index contributed by atoms with van der Waals surface area (Å²) < 4.78 is 43.6. The minimum Gasteiger partial charge on any atom is -0.497 e. The Hall–Kier alpha value is -3.42. The van der Waals surface area contributed by atoms with Crippen LogP contribution in [0.1, 0.15) is 15.9 Å². The maximum atomic E-state index is 12.3. The van der Waals surface area contributed by atoms with Crippen molar-refractivity contribution in [3.05, 3.63) is 59.7 Å². The minimum atomic E-state index is -2.91. The number of rotatable bonds is 9. The van der Waals surface area contributed by atoms with Gasteiger partial charge in [0, 0.05) is 6.08 Å². The molecule has 0 atom stereocenters. The van der Waals surface area contributed by atoms with Crippen LogP contribution in [0.15, 0.2) is 48.5 Å². The molecule has 2 aromatic carbocycles. The number of carbonyl (C=O) groups excluding carboxylic acids is 2. The fourth-order valence-electron chi connectivity index (χ4n) is 2.22. The number of carbonyl (C=O) groups is 2. The van der Waals surface area contributed by atoms with E-state index in [9.17, 15) is 18.4 Å². The van der Waals surface area contributed by atoms with E-state index in [0.717, 1.165) is 6.08 Å². The van der Waals surface area contributed by atoms with Crippen molar-refractivity contribution in [1.82, 2.24) is 0 Å². The lowest BCUT2D eigenvalue weighted by molar-refractivity contribution is -0.136. The van der Waals surface area contributed by atoms with Crippen molar-refractivity contribution in [2.45, 2.75) is 6.61 Å². The van der Waals surface area contributed by atoms with Crippen LogP contribution in [-0.2, 0) is 9.53 Å². The topological polar surface area (TPSA) is 71.1 Å². The zero-order chi connectivity index (χ0) is 20.5.